The predicted molar refractivity (Wildman–Crippen MR) is 57.3 cm³/mol. The van der Waals surface area contributed by atoms with Crippen LogP contribution in [0.2, 0.25) is 0 Å². The minimum atomic E-state index is 0.0138. The van der Waals surface area contributed by atoms with Gasteiger partial charge in [-0.05, 0) is 18.2 Å². The van der Waals surface area contributed by atoms with Crippen LogP contribution in [-0.2, 0) is 0 Å². The Hall–Kier alpha value is -2.24. The van der Waals surface area contributed by atoms with Gasteiger partial charge in [0.25, 0.3) is 5.89 Å². The number of anilines is 1. The Morgan fingerprint density at radius 2 is 2.00 bits per heavy atom. The molecule has 0 saturated heterocycles. The van der Waals surface area contributed by atoms with Gasteiger partial charge in [-0.15, -0.1) is 5.10 Å². The number of hydrogen-bond acceptors (Lipinski definition) is 6. The van der Waals surface area contributed by atoms with Gasteiger partial charge < -0.3 is 19.6 Å². The molecule has 0 aliphatic heterocycles. The third-order valence-corrected chi connectivity index (χ3v) is 2.08. The lowest BCUT2D eigenvalue weighted by atomic mass is 10.2. The Morgan fingerprint density at radius 3 is 2.56 bits per heavy atom. The topological polar surface area (TPSA) is 83.4 Å². The maximum absolute atomic E-state index is 5.37. The van der Waals surface area contributed by atoms with Gasteiger partial charge in [0.15, 0.2) is 0 Å². The number of benzene rings is 1. The molecule has 0 unspecified atom stereocenters. The summed E-state index contributed by atoms with van der Waals surface area (Å²) in [7, 11) is 3.14. The van der Waals surface area contributed by atoms with Gasteiger partial charge in [0, 0.05) is 0 Å². The zero-order valence-electron chi connectivity index (χ0n) is 8.93. The van der Waals surface area contributed by atoms with Crippen molar-refractivity contribution in [2.45, 2.75) is 0 Å². The van der Waals surface area contributed by atoms with Crippen LogP contribution >= 0.6 is 0 Å². The molecule has 6 heteroatoms. The number of ether oxygens (including phenoxy) is 2. The maximum atomic E-state index is 5.37. The summed E-state index contributed by atoms with van der Waals surface area (Å²) in [5.41, 5.74) is 6.01. The van der Waals surface area contributed by atoms with Crippen LogP contribution < -0.4 is 15.2 Å². The van der Waals surface area contributed by atoms with Crippen LogP contribution in [0.4, 0.5) is 6.01 Å². The maximum Gasteiger partial charge on any atom is 0.313 e. The minimum absolute atomic E-state index is 0.0138. The highest BCUT2D eigenvalue weighted by Gasteiger charge is 2.13. The molecule has 1 heterocycles. The summed E-state index contributed by atoms with van der Waals surface area (Å²) in [5, 5.41) is 7.38. The second kappa shape index (κ2) is 4.09. The zero-order valence-corrected chi connectivity index (χ0v) is 8.93. The lowest BCUT2D eigenvalue weighted by molar-refractivity contribution is 0.403. The number of hydrogen-bond donors (Lipinski definition) is 1. The number of methoxy groups -OCH3 is 2. The van der Waals surface area contributed by atoms with Crippen LogP contribution in [-0.4, -0.2) is 24.4 Å². The van der Waals surface area contributed by atoms with Crippen molar-refractivity contribution >= 4 is 6.01 Å². The SMILES string of the molecule is COc1ccc(OC)c(-c2nnc(N)o2)c1. The van der Waals surface area contributed by atoms with Crippen molar-refractivity contribution in [3.05, 3.63) is 18.2 Å². The van der Waals surface area contributed by atoms with Crippen molar-refractivity contribution in [3.8, 4) is 23.0 Å². The molecule has 6 nitrogen and oxygen atoms in total. The van der Waals surface area contributed by atoms with Crippen LogP contribution in [0, 0.1) is 0 Å². The van der Waals surface area contributed by atoms with Gasteiger partial charge in [-0.1, -0.05) is 5.10 Å². The van der Waals surface area contributed by atoms with E-state index in [4.69, 9.17) is 19.6 Å². The summed E-state index contributed by atoms with van der Waals surface area (Å²) in [5.74, 6) is 1.59. The van der Waals surface area contributed by atoms with Crippen molar-refractivity contribution in [3.63, 3.8) is 0 Å². The molecule has 1 aromatic carbocycles. The van der Waals surface area contributed by atoms with Crippen LogP contribution in [0.1, 0.15) is 0 Å². The first-order valence-corrected chi connectivity index (χ1v) is 4.56. The predicted octanol–water partition coefficient (Wildman–Crippen LogP) is 1.34. The highest BCUT2D eigenvalue weighted by atomic mass is 16.5. The van der Waals surface area contributed by atoms with Crippen LogP contribution in [0.5, 0.6) is 11.5 Å². The van der Waals surface area contributed by atoms with Crippen molar-refractivity contribution in [1.29, 1.82) is 0 Å². The molecule has 0 amide bonds. The zero-order chi connectivity index (χ0) is 11.5. The molecule has 0 fully saturated rings. The van der Waals surface area contributed by atoms with Gasteiger partial charge in [-0.25, -0.2) is 0 Å². The van der Waals surface area contributed by atoms with Gasteiger partial charge in [0.05, 0.1) is 19.8 Å². The molecular formula is C10H11N3O3. The first-order valence-electron chi connectivity index (χ1n) is 4.56. The van der Waals surface area contributed by atoms with E-state index in [1.54, 1.807) is 32.4 Å². The Labute approximate surface area is 92.0 Å². The van der Waals surface area contributed by atoms with Gasteiger partial charge in [0.2, 0.25) is 0 Å². The largest absolute Gasteiger partial charge is 0.497 e. The van der Waals surface area contributed by atoms with E-state index in [9.17, 15) is 0 Å². The normalized spacial score (nSPS) is 10.1. The number of nitrogen functional groups attached to an aromatic ring is 1. The highest BCUT2D eigenvalue weighted by molar-refractivity contribution is 5.65. The fourth-order valence-corrected chi connectivity index (χ4v) is 1.32. The number of aromatic nitrogens is 2. The molecule has 0 radical (unpaired) electrons. The van der Waals surface area contributed by atoms with E-state index in [0.717, 1.165) is 0 Å². The molecule has 2 rings (SSSR count). The number of nitrogens with zero attached hydrogens (tertiary/aromatic N) is 2. The fraction of sp³-hybridized carbons (Fsp3) is 0.200. The molecule has 0 spiro atoms. The highest BCUT2D eigenvalue weighted by Crippen LogP contribution is 2.32. The Morgan fingerprint density at radius 1 is 1.19 bits per heavy atom. The molecule has 0 bridgehead atoms. The minimum Gasteiger partial charge on any atom is -0.497 e. The smallest absolute Gasteiger partial charge is 0.313 e. The Bertz CT molecular complexity index is 496. The lowest BCUT2D eigenvalue weighted by Gasteiger charge is -2.06. The van der Waals surface area contributed by atoms with E-state index in [1.165, 1.54) is 0 Å². The number of rotatable bonds is 3. The standard InChI is InChI=1S/C10H11N3O3/c1-14-6-3-4-8(15-2)7(5-6)9-12-13-10(11)16-9/h3-5H,1-2H3,(H2,11,13). The van der Waals surface area contributed by atoms with Crippen molar-refractivity contribution in [2.75, 3.05) is 20.0 Å². The molecular weight excluding hydrogens is 210 g/mol. The van der Waals surface area contributed by atoms with E-state index in [-0.39, 0.29) is 6.01 Å². The second-order valence-electron chi connectivity index (χ2n) is 3.01. The van der Waals surface area contributed by atoms with Crippen LogP contribution in [0.3, 0.4) is 0 Å². The van der Waals surface area contributed by atoms with Crippen molar-refractivity contribution in [1.82, 2.24) is 10.2 Å². The van der Waals surface area contributed by atoms with Gasteiger partial charge >= 0.3 is 6.01 Å². The van der Waals surface area contributed by atoms with Crippen LogP contribution in [0.25, 0.3) is 11.5 Å². The average molecular weight is 221 g/mol. The van der Waals surface area contributed by atoms with E-state index in [1.807, 2.05) is 0 Å². The van der Waals surface area contributed by atoms with E-state index >= 15 is 0 Å². The summed E-state index contributed by atoms with van der Waals surface area (Å²) in [6.07, 6.45) is 0. The molecule has 16 heavy (non-hydrogen) atoms. The van der Waals surface area contributed by atoms with Gasteiger partial charge in [0.1, 0.15) is 11.5 Å². The second-order valence-corrected chi connectivity index (χ2v) is 3.01. The molecule has 0 saturated carbocycles. The first-order chi connectivity index (χ1) is 7.74. The summed E-state index contributed by atoms with van der Waals surface area (Å²) >= 11 is 0. The fourth-order valence-electron chi connectivity index (χ4n) is 1.32. The molecule has 1 aromatic heterocycles. The summed E-state index contributed by atoms with van der Waals surface area (Å²) in [6, 6.07) is 5.29. The van der Waals surface area contributed by atoms with Crippen molar-refractivity contribution < 1.29 is 13.9 Å². The van der Waals surface area contributed by atoms with Crippen molar-refractivity contribution in [2.24, 2.45) is 0 Å². The Balaban J connectivity index is 2.52. The molecule has 0 aliphatic rings. The monoisotopic (exact) mass is 221 g/mol. The summed E-state index contributed by atoms with van der Waals surface area (Å²) in [4.78, 5) is 0. The summed E-state index contributed by atoms with van der Waals surface area (Å²) < 4.78 is 15.4. The van der Waals surface area contributed by atoms with Gasteiger partial charge in [-0.3, -0.25) is 0 Å². The molecule has 84 valence electrons. The quantitative estimate of drug-likeness (QED) is 0.841. The van der Waals surface area contributed by atoms with Crippen LogP contribution in [0.15, 0.2) is 22.6 Å². The number of nitrogens with two attached hydrogens (primary N) is 1. The third-order valence-electron chi connectivity index (χ3n) is 2.08. The first kappa shape index (κ1) is 10.3. The lowest BCUT2D eigenvalue weighted by Crippen LogP contribution is -1.90. The van der Waals surface area contributed by atoms with E-state index in [0.29, 0.717) is 23.0 Å². The van der Waals surface area contributed by atoms with Gasteiger partial charge in [-0.2, -0.15) is 0 Å². The molecule has 0 aliphatic carbocycles. The molecule has 2 N–H and O–H groups in total. The molecule has 2 aromatic rings. The molecule has 0 atom stereocenters. The average Bonchev–Trinajstić information content (AvgIpc) is 2.75. The summed E-state index contributed by atoms with van der Waals surface area (Å²) in [6.45, 7) is 0. The van der Waals surface area contributed by atoms with E-state index in [2.05, 4.69) is 10.2 Å². The third kappa shape index (κ3) is 1.77. The Kier molecular flexibility index (Phi) is 2.63. The van der Waals surface area contributed by atoms with E-state index < -0.39 is 0 Å².